The van der Waals surface area contributed by atoms with Gasteiger partial charge in [-0.15, -0.1) is 0 Å². The van der Waals surface area contributed by atoms with Crippen molar-refractivity contribution in [1.82, 2.24) is 10.6 Å². The van der Waals surface area contributed by atoms with Crippen molar-refractivity contribution in [3.63, 3.8) is 0 Å². The van der Waals surface area contributed by atoms with E-state index in [1.54, 1.807) is 6.92 Å². The summed E-state index contributed by atoms with van der Waals surface area (Å²) < 4.78 is 26.3. The molecule has 3 nitrogen and oxygen atoms in total. The zero-order valence-corrected chi connectivity index (χ0v) is 10.7. The molecule has 2 N–H and O–H groups in total. The predicted molar refractivity (Wildman–Crippen MR) is 67.9 cm³/mol. The summed E-state index contributed by atoms with van der Waals surface area (Å²) in [7, 11) is 0. The summed E-state index contributed by atoms with van der Waals surface area (Å²) in [6, 6.07) is 3.05. The summed E-state index contributed by atoms with van der Waals surface area (Å²) in [4.78, 5) is 11.7. The van der Waals surface area contributed by atoms with Gasteiger partial charge < -0.3 is 10.6 Å². The Bertz CT molecular complexity index is 593. The lowest BCUT2D eigenvalue weighted by Gasteiger charge is -2.30. The van der Waals surface area contributed by atoms with Gasteiger partial charge in [0.25, 0.3) is 0 Å². The smallest absolute Gasteiger partial charge is 0.159 e. The molecule has 0 spiro atoms. The van der Waals surface area contributed by atoms with Gasteiger partial charge in [-0.05, 0) is 31.5 Å². The molecule has 5 heteroatoms. The normalized spacial score (nSPS) is 18.9. The summed E-state index contributed by atoms with van der Waals surface area (Å²) >= 11 is 0. The van der Waals surface area contributed by atoms with Crippen LogP contribution < -0.4 is 10.6 Å². The van der Waals surface area contributed by atoms with Crippen LogP contribution in [0.1, 0.15) is 25.5 Å². The molecule has 1 aliphatic heterocycles. The molecule has 1 heterocycles. The van der Waals surface area contributed by atoms with Crippen molar-refractivity contribution in [1.29, 1.82) is 0 Å². The van der Waals surface area contributed by atoms with E-state index in [4.69, 9.17) is 0 Å². The third kappa shape index (κ3) is 2.50. The third-order valence-corrected chi connectivity index (χ3v) is 3.01. The van der Waals surface area contributed by atoms with Crippen LogP contribution in [0, 0.1) is 11.6 Å². The molecule has 0 radical (unpaired) electrons. The molecule has 1 unspecified atom stereocenters. The molecule has 1 atom stereocenters. The topological polar surface area (TPSA) is 41.1 Å². The predicted octanol–water partition coefficient (Wildman–Crippen LogP) is 2.53. The fourth-order valence-electron chi connectivity index (χ4n) is 2.20. The molecule has 100 valence electrons. The van der Waals surface area contributed by atoms with E-state index in [9.17, 15) is 13.6 Å². The SMILES string of the molecule is C=C1NC(C)=C(C(C)=O)C(c2ccc(F)c(F)c2)N1. The number of halogens is 2. The molecule has 0 amide bonds. The maximum absolute atomic E-state index is 13.3. The Labute approximate surface area is 110 Å². The first-order chi connectivity index (χ1) is 8.90. The summed E-state index contributed by atoms with van der Waals surface area (Å²) in [5, 5.41) is 5.89. The van der Waals surface area contributed by atoms with Gasteiger partial charge in [0.15, 0.2) is 17.4 Å². The van der Waals surface area contributed by atoms with Gasteiger partial charge in [-0.25, -0.2) is 8.78 Å². The molecule has 0 saturated heterocycles. The highest BCUT2D eigenvalue weighted by Gasteiger charge is 2.27. The Morgan fingerprint density at radius 2 is 2.00 bits per heavy atom. The molecule has 1 aromatic carbocycles. The summed E-state index contributed by atoms with van der Waals surface area (Å²) in [6.07, 6.45) is 0. The number of nitrogens with one attached hydrogen (secondary N) is 2. The Hall–Kier alpha value is -2.17. The molecule has 2 rings (SSSR count). The molecule has 0 aliphatic carbocycles. The molecule has 1 aromatic rings. The Kier molecular flexibility index (Phi) is 3.38. The zero-order valence-electron chi connectivity index (χ0n) is 10.7. The number of carbonyl (C=O) groups excluding carboxylic acids is 1. The van der Waals surface area contributed by atoms with Crippen molar-refractivity contribution >= 4 is 5.78 Å². The average molecular weight is 264 g/mol. The van der Waals surface area contributed by atoms with Crippen LogP contribution in [0.3, 0.4) is 0 Å². The number of hydrogen-bond acceptors (Lipinski definition) is 3. The highest BCUT2D eigenvalue weighted by Crippen LogP contribution is 2.29. The first kappa shape index (κ1) is 13.3. The Morgan fingerprint density at radius 3 is 2.58 bits per heavy atom. The van der Waals surface area contributed by atoms with Crippen molar-refractivity contribution in [3.05, 3.63) is 59.1 Å². The minimum absolute atomic E-state index is 0.139. The van der Waals surface area contributed by atoms with Gasteiger partial charge in [0.2, 0.25) is 0 Å². The van der Waals surface area contributed by atoms with Gasteiger partial charge in [-0.3, -0.25) is 4.79 Å². The van der Waals surface area contributed by atoms with E-state index in [2.05, 4.69) is 17.2 Å². The van der Waals surface area contributed by atoms with Crippen LogP contribution in [-0.2, 0) is 4.79 Å². The van der Waals surface area contributed by atoms with Crippen LogP contribution in [0.4, 0.5) is 8.78 Å². The second kappa shape index (κ2) is 4.84. The van der Waals surface area contributed by atoms with Gasteiger partial charge in [-0.1, -0.05) is 12.6 Å². The number of benzene rings is 1. The Balaban J connectivity index is 2.51. The highest BCUT2D eigenvalue weighted by atomic mass is 19.2. The molecule has 0 saturated carbocycles. The van der Waals surface area contributed by atoms with E-state index in [1.165, 1.54) is 13.0 Å². The van der Waals surface area contributed by atoms with E-state index >= 15 is 0 Å². The van der Waals surface area contributed by atoms with Crippen LogP contribution in [0.2, 0.25) is 0 Å². The van der Waals surface area contributed by atoms with Gasteiger partial charge in [0.05, 0.1) is 11.9 Å². The van der Waals surface area contributed by atoms with Crippen molar-refractivity contribution in [2.45, 2.75) is 19.9 Å². The third-order valence-electron chi connectivity index (χ3n) is 3.01. The van der Waals surface area contributed by atoms with E-state index in [1.807, 2.05) is 0 Å². The number of carbonyl (C=O) groups is 1. The largest absolute Gasteiger partial charge is 0.361 e. The molecular formula is C14H14F2N2O. The summed E-state index contributed by atoms with van der Waals surface area (Å²) in [6.45, 7) is 6.92. The number of rotatable bonds is 2. The molecule has 0 bridgehead atoms. The van der Waals surface area contributed by atoms with Crippen LogP contribution in [-0.4, -0.2) is 5.78 Å². The minimum atomic E-state index is -0.941. The fourth-order valence-corrected chi connectivity index (χ4v) is 2.20. The van der Waals surface area contributed by atoms with E-state index in [0.29, 0.717) is 22.7 Å². The van der Waals surface area contributed by atoms with Crippen LogP contribution in [0.25, 0.3) is 0 Å². The van der Waals surface area contributed by atoms with Crippen molar-refractivity contribution in [2.24, 2.45) is 0 Å². The first-order valence-corrected chi connectivity index (χ1v) is 5.79. The van der Waals surface area contributed by atoms with E-state index < -0.39 is 17.7 Å². The second-order valence-electron chi connectivity index (χ2n) is 4.45. The number of Topliss-reactive ketones (excluding diaryl/α,β-unsaturated/α-hetero) is 1. The molecular weight excluding hydrogens is 250 g/mol. The van der Waals surface area contributed by atoms with E-state index in [0.717, 1.165) is 12.1 Å². The molecule has 0 fully saturated rings. The molecule has 0 aromatic heterocycles. The van der Waals surface area contributed by atoms with Gasteiger partial charge in [0, 0.05) is 11.3 Å². The minimum Gasteiger partial charge on any atom is -0.361 e. The quantitative estimate of drug-likeness (QED) is 0.862. The fraction of sp³-hybridized carbons (Fsp3) is 0.214. The zero-order chi connectivity index (χ0) is 14.2. The van der Waals surface area contributed by atoms with Gasteiger partial charge in [-0.2, -0.15) is 0 Å². The van der Waals surface area contributed by atoms with Crippen molar-refractivity contribution in [2.75, 3.05) is 0 Å². The van der Waals surface area contributed by atoms with Gasteiger partial charge in [0.1, 0.15) is 0 Å². The lowest BCUT2D eigenvalue weighted by molar-refractivity contribution is -0.114. The van der Waals surface area contributed by atoms with Crippen molar-refractivity contribution < 1.29 is 13.6 Å². The maximum atomic E-state index is 13.3. The highest BCUT2D eigenvalue weighted by molar-refractivity contribution is 5.95. The second-order valence-corrected chi connectivity index (χ2v) is 4.45. The Morgan fingerprint density at radius 1 is 1.32 bits per heavy atom. The lowest BCUT2D eigenvalue weighted by atomic mass is 9.93. The lowest BCUT2D eigenvalue weighted by Crippen LogP contribution is -2.38. The van der Waals surface area contributed by atoms with Crippen LogP contribution in [0.15, 0.2) is 41.9 Å². The van der Waals surface area contributed by atoms with E-state index in [-0.39, 0.29) is 5.78 Å². The monoisotopic (exact) mass is 264 g/mol. The molecule has 19 heavy (non-hydrogen) atoms. The standard InChI is InChI=1S/C14H14F2N2O/c1-7-13(8(2)19)14(18-9(3)17-7)10-4-5-11(15)12(16)6-10/h4-6,14,17-18H,3H2,1-2H3. The van der Waals surface area contributed by atoms with Crippen molar-refractivity contribution in [3.8, 4) is 0 Å². The maximum Gasteiger partial charge on any atom is 0.159 e. The van der Waals surface area contributed by atoms with Gasteiger partial charge >= 0.3 is 0 Å². The first-order valence-electron chi connectivity index (χ1n) is 5.79. The number of ketones is 1. The summed E-state index contributed by atoms with van der Waals surface area (Å²) in [5.74, 6) is -1.48. The molecule has 1 aliphatic rings. The average Bonchev–Trinajstić information content (AvgIpc) is 2.31. The summed E-state index contributed by atoms with van der Waals surface area (Å²) in [5.41, 5.74) is 1.62. The number of allylic oxidation sites excluding steroid dienone is 1. The van der Waals surface area contributed by atoms with Crippen LogP contribution in [0.5, 0.6) is 0 Å². The number of hydrogen-bond donors (Lipinski definition) is 2. The van der Waals surface area contributed by atoms with Crippen LogP contribution >= 0.6 is 0 Å².